The van der Waals surface area contributed by atoms with E-state index in [1.54, 1.807) is 0 Å². The van der Waals surface area contributed by atoms with E-state index < -0.39 is 11.9 Å². The average molecular weight is 198 g/mol. The Labute approximate surface area is 81.9 Å². The molecule has 0 aromatic rings. The van der Waals surface area contributed by atoms with Crippen molar-refractivity contribution in [3.63, 3.8) is 0 Å². The van der Waals surface area contributed by atoms with E-state index in [0.717, 1.165) is 12.8 Å². The summed E-state index contributed by atoms with van der Waals surface area (Å²) in [5, 5.41) is 17.9. The lowest BCUT2D eigenvalue weighted by molar-refractivity contribution is -0.145. The first-order valence-electron chi connectivity index (χ1n) is 5.07. The second-order valence-corrected chi connectivity index (χ2v) is 4.37. The minimum Gasteiger partial charge on any atom is -0.481 e. The topological polar surface area (TPSA) is 74.6 Å². The van der Waals surface area contributed by atoms with E-state index >= 15 is 0 Å². The summed E-state index contributed by atoms with van der Waals surface area (Å²) < 4.78 is 0. The third-order valence-electron chi connectivity index (χ3n) is 3.84. The number of hydrogen-bond donors (Lipinski definition) is 2. The second kappa shape index (κ2) is 3.26. The highest BCUT2D eigenvalue weighted by atomic mass is 16.4. The molecule has 4 unspecified atom stereocenters. The SMILES string of the molecule is O=C(O)C1CCC2C(C(=O)O)CCC12. The monoisotopic (exact) mass is 198 g/mol. The van der Waals surface area contributed by atoms with Gasteiger partial charge in [-0.1, -0.05) is 0 Å². The van der Waals surface area contributed by atoms with Gasteiger partial charge in [0.15, 0.2) is 0 Å². The van der Waals surface area contributed by atoms with Gasteiger partial charge in [-0.15, -0.1) is 0 Å². The van der Waals surface area contributed by atoms with Crippen LogP contribution in [0, 0.1) is 23.7 Å². The summed E-state index contributed by atoms with van der Waals surface area (Å²) in [7, 11) is 0. The smallest absolute Gasteiger partial charge is 0.306 e. The van der Waals surface area contributed by atoms with E-state index in [4.69, 9.17) is 10.2 Å². The fourth-order valence-electron chi connectivity index (χ4n) is 3.21. The number of aliphatic carboxylic acids is 2. The largest absolute Gasteiger partial charge is 0.481 e. The normalized spacial score (nSPS) is 40.9. The molecule has 2 rings (SSSR count). The minimum atomic E-state index is -0.747. The van der Waals surface area contributed by atoms with Crippen LogP contribution in [0.4, 0.5) is 0 Å². The van der Waals surface area contributed by atoms with E-state index in [2.05, 4.69) is 0 Å². The molecule has 2 saturated carbocycles. The molecule has 0 spiro atoms. The van der Waals surface area contributed by atoms with Gasteiger partial charge in [0.2, 0.25) is 0 Å². The Bertz CT molecular complexity index is 245. The van der Waals surface area contributed by atoms with Crippen LogP contribution in [-0.4, -0.2) is 22.2 Å². The number of carboxylic acids is 2. The Morgan fingerprint density at radius 2 is 1.14 bits per heavy atom. The highest BCUT2D eigenvalue weighted by Crippen LogP contribution is 2.50. The fraction of sp³-hybridized carbons (Fsp3) is 0.800. The van der Waals surface area contributed by atoms with Crippen LogP contribution in [0.2, 0.25) is 0 Å². The van der Waals surface area contributed by atoms with E-state index in [-0.39, 0.29) is 23.7 Å². The lowest BCUT2D eigenvalue weighted by Crippen LogP contribution is -2.22. The minimum absolute atomic E-state index is 0.119. The molecule has 0 radical (unpaired) electrons. The summed E-state index contributed by atoms with van der Waals surface area (Å²) in [5.74, 6) is -1.83. The predicted molar refractivity (Wildman–Crippen MR) is 47.7 cm³/mol. The van der Waals surface area contributed by atoms with E-state index in [1.807, 2.05) is 0 Å². The molecule has 78 valence electrons. The number of fused-ring (bicyclic) bond motifs is 1. The van der Waals surface area contributed by atoms with Gasteiger partial charge in [0.05, 0.1) is 11.8 Å². The summed E-state index contributed by atoms with van der Waals surface area (Å²) in [5.41, 5.74) is 0. The maximum atomic E-state index is 10.9. The summed E-state index contributed by atoms with van der Waals surface area (Å²) in [6, 6.07) is 0. The average Bonchev–Trinajstić information content (AvgIpc) is 2.59. The molecule has 2 aliphatic rings. The van der Waals surface area contributed by atoms with Crippen LogP contribution in [0.5, 0.6) is 0 Å². The fourth-order valence-corrected chi connectivity index (χ4v) is 3.21. The molecule has 2 fully saturated rings. The van der Waals surface area contributed by atoms with Crippen molar-refractivity contribution < 1.29 is 19.8 Å². The lowest BCUT2D eigenvalue weighted by atomic mass is 9.89. The van der Waals surface area contributed by atoms with Gasteiger partial charge in [-0.25, -0.2) is 0 Å². The van der Waals surface area contributed by atoms with Gasteiger partial charge in [0, 0.05) is 0 Å². The van der Waals surface area contributed by atoms with Crippen molar-refractivity contribution in [2.45, 2.75) is 25.7 Å². The molecule has 0 bridgehead atoms. The Hall–Kier alpha value is -1.06. The molecule has 0 amide bonds. The van der Waals surface area contributed by atoms with Crippen LogP contribution in [0.25, 0.3) is 0 Å². The molecule has 0 aliphatic heterocycles. The highest BCUT2D eigenvalue weighted by molar-refractivity contribution is 5.73. The van der Waals surface area contributed by atoms with Crippen LogP contribution in [0.15, 0.2) is 0 Å². The van der Waals surface area contributed by atoms with E-state index in [1.165, 1.54) is 0 Å². The van der Waals surface area contributed by atoms with Crippen molar-refractivity contribution in [2.24, 2.45) is 23.7 Å². The van der Waals surface area contributed by atoms with Crippen LogP contribution >= 0.6 is 0 Å². The van der Waals surface area contributed by atoms with Crippen molar-refractivity contribution in [3.05, 3.63) is 0 Å². The molecular weight excluding hydrogens is 184 g/mol. The molecule has 0 saturated heterocycles. The lowest BCUT2D eigenvalue weighted by Gasteiger charge is -2.15. The van der Waals surface area contributed by atoms with Gasteiger partial charge in [0.25, 0.3) is 0 Å². The first-order valence-corrected chi connectivity index (χ1v) is 5.07. The molecule has 0 aromatic carbocycles. The van der Waals surface area contributed by atoms with Gasteiger partial charge in [-0.05, 0) is 37.5 Å². The van der Waals surface area contributed by atoms with Gasteiger partial charge >= 0.3 is 11.9 Å². The summed E-state index contributed by atoms with van der Waals surface area (Å²) >= 11 is 0. The van der Waals surface area contributed by atoms with Crippen LogP contribution in [0.3, 0.4) is 0 Å². The Balaban J connectivity index is 2.11. The van der Waals surface area contributed by atoms with Gasteiger partial charge in [-0.2, -0.15) is 0 Å². The van der Waals surface area contributed by atoms with Crippen LogP contribution < -0.4 is 0 Å². The first kappa shape index (κ1) is 9.49. The third-order valence-corrected chi connectivity index (χ3v) is 3.84. The molecular formula is C10H14O4. The summed E-state index contributed by atoms with van der Waals surface area (Å²) in [6.45, 7) is 0. The van der Waals surface area contributed by atoms with Crippen molar-refractivity contribution in [1.29, 1.82) is 0 Å². The quantitative estimate of drug-likeness (QED) is 0.699. The van der Waals surface area contributed by atoms with Crippen molar-refractivity contribution >= 4 is 11.9 Å². The standard InChI is InChI=1S/C10H14O4/c11-9(12)7-3-1-5-6(7)2-4-8(5)10(13)14/h5-8H,1-4H2,(H,11,12)(H,13,14). The maximum absolute atomic E-state index is 10.9. The molecule has 14 heavy (non-hydrogen) atoms. The zero-order valence-corrected chi connectivity index (χ0v) is 7.85. The van der Waals surface area contributed by atoms with Gasteiger partial charge < -0.3 is 10.2 Å². The third kappa shape index (κ3) is 1.29. The van der Waals surface area contributed by atoms with Crippen LogP contribution in [0.1, 0.15) is 25.7 Å². The first-order chi connectivity index (χ1) is 6.61. The molecule has 2 N–H and O–H groups in total. The van der Waals surface area contributed by atoms with Crippen molar-refractivity contribution in [1.82, 2.24) is 0 Å². The molecule has 4 heteroatoms. The molecule has 4 nitrogen and oxygen atoms in total. The maximum Gasteiger partial charge on any atom is 0.306 e. The Morgan fingerprint density at radius 3 is 1.43 bits per heavy atom. The molecule has 4 atom stereocenters. The number of hydrogen-bond acceptors (Lipinski definition) is 2. The van der Waals surface area contributed by atoms with Crippen LogP contribution in [-0.2, 0) is 9.59 Å². The zero-order chi connectivity index (χ0) is 10.3. The second-order valence-electron chi connectivity index (χ2n) is 4.37. The molecule has 2 aliphatic carbocycles. The van der Waals surface area contributed by atoms with Crippen molar-refractivity contribution in [3.8, 4) is 0 Å². The predicted octanol–water partition coefficient (Wildman–Crippen LogP) is 1.21. The highest BCUT2D eigenvalue weighted by Gasteiger charge is 2.49. The molecule has 0 aromatic heterocycles. The van der Waals surface area contributed by atoms with Gasteiger partial charge in [-0.3, -0.25) is 9.59 Å². The molecule has 0 heterocycles. The summed E-state index contributed by atoms with van der Waals surface area (Å²) in [6.07, 6.45) is 2.88. The Morgan fingerprint density at radius 1 is 0.786 bits per heavy atom. The Kier molecular flexibility index (Phi) is 2.21. The zero-order valence-electron chi connectivity index (χ0n) is 7.85. The van der Waals surface area contributed by atoms with Crippen molar-refractivity contribution in [2.75, 3.05) is 0 Å². The van der Waals surface area contributed by atoms with Gasteiger partial charge in [0.1, 0.15) is 0 Å². The summed E-state index contributed by atoms with van der Waals surface area (Å²) in [4.78, 5) is 21.7. The number of carboxylic acid groups (broad SMARTS) is 2. The van der Waals surface area contributed by atoms with E-state index in [0.29, 0.717) is 12.8 Å². The van der Waals surface area contributed by atoms with E-state index in [9.17, 15) is 9.59 Å². The number of carbonyl (C=O) groups is 2. The number of rotatable bonds is 2.